The van der Waals surface area contributed by atoms with Gasteiger partial charge in [-0.2, -0.15) is 10.5 Å². The molecule has 2 aromatic rings. The number of nitriles is 2. The summed E-state index contributed by atoms with van der Waals surface area (Å²) in [5.41, 5.74) is 1.48. The Bertz CT molecular complexity index is 857. The Labute approximate surface area is 152 Å². The number of carbonyl (C=O) groups is 1. The fourth-order valence-electron chi connectivity index (χ4n) is 3.01. The van der Waals surface area contributed by atoms with E-state index in [0.29, 0.717) is 22.6 Å². The third-order valence-electron chi connectivity index (χ3n) is 4.42. The van der Waals surface area contributed by atoms with Crippen LogP contribution in [0.25, 0.3) is 0 Å². The highest BCUT2D eigenvalue weighted by molar-refractivity contribution is 5.94. The second-order valence-electron chi connectivity index (χ2n) is 6.25. The molecule has 3 rings (SSSR count). The van der Waals surface area contributed by atoms with Crippen LogP contribution in [0.5, 0.6) is 5.88 Å². The standard InChI is InChI=1S/C20H18N4O2/c21-11-14-2-1-3-16(10-14)20(25)24-17-5-7-18(8-6-17)26-19-9-4-15(12-22)13-23-19/h1-4,9-10,13,17-18H,5-8H2,(H,24,25). The van der Waals surface area contributed by atoms with E-state index in [1.807, 2.05) is 12.1 Å². The fraction of sp³-hybridized carbons (Fsp3) is 0.300. The Morgan fingerprint density at radius 1 is 1.08 bits per heavy atom. The summed E-state index contributed by atoms with van der Waals surface area (Å²) in [4.78, 5) is 16.5. The minimum Gasteiger partial charge on any atom is -0.474 e. The summed E-state index contributed by atoms with van der Waals surface area (Å²) in [6.45, 7) is 0. The molecule has 6 heteroatoms. The van der Waals surface area contributed by atoms with Crippen LogP contribution in [0.1, 0.15) is 47.2 Å². The number of nitrogens with one attached hydrogen (secondary N) is 1. The van der Waals surface area contributed by atoms with Crippen LogP contribution in [0.2, 0.25) is 0 Å². The van der Waals surface area contributed by atoms with Gasteiger partial charge in [0.1, 0.15) is 12.2 Å². The van der Waals surface area contributed by atoms with E-state index in [-0.39, 0.29) is 18.1 Å². The lowest BCUT2D eigenvalue weighted by molar-refractivity contribution is 0.0890. The maximum Gasteiger partial charge on any atom is 0.251 e. The van der Waals surface area contributed by atoms with E-state index < -0.39 is 0 Å². The number of nitrogens with zero attached hydrogens (tertiary/aromatic N) is 3. The summed E-state index contributed by atoms with van der Waals surface area (Å²) in [7, 11) is 0. The quantitative estimate of drug-likeness (QED) is 0.917. The van der Waals surface area contributed by atoms with Gasteiger partial charge in [-0.1, -0.05) is 6.07 Å². The highest BCUT2D eigenvalue weighted by Gasteiger charge is 2.24. The fourth-order valence-corrected chi connectivity index (χ4v) is 3.01. The van der Waals surface area contributed by atoms with Gasteiger partial charge in [-0.3, -0.25) is 4.79 Å². The minimum absolute atomic E-state index is 0.0607. The van der Waals surface area contributed by atoms with Crippen LogP contribution < -0.4 is 10.1 Å². The first kappa shape index (κ1) is 17.4. The average Bonchev–Trinajstić information content (AvgIpc) is 2.70. The summed E-state index contributed by atoms with van der Waals surface area (Å²) in [5.74, 6) is 0.366. The monoisotopic (exact) mass is 346 g/mol. The van der Waals surface area contributed by atoms with Gasteiger partial charge in [-0.05, 0) is 49.9 Å². The first-order chi connectivity index (χ1) is 12.7. The van der Waals surface area contributed by atoms with Crippen molar-refractivity contribution in [2.75, 3.05) is 0 Å². The molecule has 1 saturated carbocycles. The van der Waals surface area contributed by atoms with E-state index in [0.717, 1.165) is 25.7 Å². The summed E-state index contributed by atoms with van der Waals surface area (Å²) < 4.78 is 5.85. The van der Waals surface area contributed by atoms with Gasteiger partial charge in [0.05, 0.1) is 17.2 Å². The number of hydrogen-bond donors (Lipinski definition) is 1. The zero-order chi connectivity index (χ0) is 18.4. The lowest BCUT2D eigenvalue weighted by Gasteiger charge is -2.29. The molecular formula is C20H18N4O2. The summed E-state index contributed by atoms with van der Waals surface area (Å²) in [5, 5.41) is 20.7. The molecule has 0 bridgehead atoms. The second kappa shape index (κ2) is 8.13. The molecule has 0 saturated heterocycles. The molecule has 0 radical (unpaired) electrons. The number of ether oxygens (including phenoxy) is 1. The highest BCUT2D eigenvalue weighted by Crippen LogP contribution is 2.23. The van der Waals surface area contributed by atoms with Crippen molar-refractivity contribution in [3.05, 3.63) is 59.3 Å². The number of carbonyl (C=O) groups excluding carboxylic acids is 1. The van der Waals surface area contributed by atoms with Gasteiger partial charge < -0.3 is 10.1 Å². The smallest absolute Gasteiger partial charge is 0.251 e. The molecule has 1 amide bonds. The Kier molecular flexibility index (Phi) is 5.46. The topological polar surface area (TPSA) is 98.8 Å². The van der Waals surface area contributed by atoms with Crippen LogP contribution in [0.4, 0.5) is 0 Å². The Morgan fingerprint density at radius 2 is 1.85 bits per heavy atom. The van der Waals surface area contributed by atoms with Crippen molar-refractivity contribution in [1.82, 2.24) is 10.3 Å². The first-order valence-corrected chi connectivity index (χ1v) is 8.52. The van der Waals surface area contributed by atoms with E-state index >= 15 is 0 Å². The summed E-state index contributed by atoms with van der Waals surface area (Å²) in [6, 6.07) is 14.3. The highest BCUT2D eigenvalue weighted by atomic mass is 16.5. The molecule has 130 valence electrons. The molecule has 0 unspecified atom stereocenters. The van der Waals surface area contributed by atoms with Crippen molar-refractivity contribution in [1.29, 1.82) is 10.5 Å². The van der Waals surface area contributed by atoms with Crippen LogP contribution in [0.15, 0.2) is 42.6 Å². The lowest BCUT2D eigenvalue weighted by Crippen LogP contribution is -2.39. The molecule has 0 aliphatic heterocycles. The molecule has 1 fully saturated rings. The Morgan fingerprint density at radius 3 is 2.50 bits per heavy atom. The molecular weight excluding hydrogens is 328 g/mol. The number of aromatic nitrogens is 1. The third kappa shape index (κ3) is 4.37. The van der Waals surface area contributed by atoms with Gasteiger partial charge in [0.25, 0.3) is 5.91 Å². The largest absolute Gasteiger partial charge is 0.474 e. The van der Waals surface area contributed by atoms with Gasteiger partial charge in [-0.25, -0.2) is 4.98 Å². The normalized spacial score (nSPS) is 19.0. The molecule has 1 aromatic carbocycles. The maximum atomic E-state index is 12.3. The van der Waals surface area contributed by atoms with Gasteiger partial charge in [0.15, 0.2) is 0 Å². The van der Waals surface area contributed by atoms with Crippen LogP contribution >= 0.6 is 0 Å². The van der Waals surface area contributed by atoms with E-state index in [2.05, 4.69) is 10.3 Å². The Hall–Kier alpha value is -3.38. The molecule has 26 heavy (non-hydrogen) atoms. The van der Waals surface area contributed by atoms with Crippen LogP contribution in [0, 0.1) is 22.7 Å². The third-order valence-corrected chi connectivity index (χ3v) is 4.42. The SMILES string of the molecule is N#Cc1ccc(OC2CCC(NC(=O)c3cccc(C#N)c3)CC2)nc1. The molecule has 0 atom stereocenters. The van der Waals surface area contributed by atoms with Crippen LogP contribution in [-0.4, -0.2) is 23.0 Å². The van der Waals surface area contributed by atoms with Crippen molar-refractivity contribution >= 4 is 5.91 Å². The lowest BCUT2D eigenvalue weighted by atomic mass is 9.92. The number of amides is 1. The molecule has 1 aromatic heterocycles. The van der Waals surface area contributed by atoms with Crippen LogP contribution in [0.3, 0.4) is 0 Å². The van der Waals surface area contributed by atoms with E-state index in [1.54, 1.807) is 36.4 Å². The van der Waals surface area contributed by atoms with Crippen molar-refractivity contribution < 1.29 is 9.53 Å². The molecule has 1 N–H and O–H groups in total. The second-order valence-corrected chi connectivity index (χ2v) is 6.25. The zero-order valence-corrected chi connectivity index (χ0v) is 14.2. The maximum absolute atomic E-state index is 12.3. The molecule has 1 aliphatic carbocycles. The van der Waals surface area contributed by atoms with Crippen LogP contribution in [-0.2, 0) is 0 Å². The van der Waals surface area contributed by atoms with Gasteiger partial charge in [0, 0.05) is 23.9 Å². The van der Waals surface area contributed by atoms with Gasteiger partial charge in [0.2, 0.25) is 5.88 Å². The molecule has 0 spiro atoms. The van der Waals surface area contributed by atoms with Crippen molar-refractivity contribution in [3.8, 4) is 18.0 Å². The first-order valence-electron chi connectivity index (χ1n) is 8.52. The minimum atomic E-state index is -0.153. The number of rotatable bonds is 4. The van der Waals surface area contributed by atoms with Crippen molar-refractivity contribution in [3.63, 3.8) is 0 Å². The molecule has 1 aliphatic rings. The van der Waals surface area contributed by atoms with E-state index in [4.69, 9.17) is 15.3 Å². The summed E-state index contributed by atoms with van der Waals surface area (Å²) >= 11 is 0. The predicted molar refractivity (Wildman–Crippen MR) is 94.2 cm³/mol. The summed E-state index contributed by atoms with van der Waals surface area (Å²) in [6.07, 6.45) is 4.85. The average molecular weight is 346 g/mol. The van der Waals surface area contributed by atoms with Crippen molar-refractivity contribution in [2.24, 2.45) is 0 Å². The zero-order valence-electron chi connectivity index (χ0n) is 14.2. The van der Waals surface area contributed by atoms with E-state index in [9.17, 15) is 4.79 Å². The predicted octanol–water partition coefficient (Wildman–Crippen LogP) is 2.94. The Balaban J connectivity index is 1.49. The number of hydrogen-bond acceptors (Lipinski definition) is 5. The van der Waals surface area contributed by atoms with Gasteiger partial charge in [-0.15, -0.1) is 0 Å². The molecule has 6 nitrogen and oxygen atoms in total. The number of pyridine rings is 1. The van der Waals surface area contributed by atoms with E-state index in [1.165, 1.54) is 6.20 Å². The number of benzene rings is 1. The van der Waals surface area contributed by atoms with Crippen molar-refractivity contribution in [2.45, 2.75) is 37.8 Å². The molecule has 1 heterocycles. The van der Waals surface area contributed by atoms with Gasteiger partial charge >= 0.3 is 0 Å².